The lowest BCUT2D eigenvalue weighted by Gasteiger charge is -2.07. The number of hydrogen-bond donors (Lipinski definition) is 3. The minimum absolute atomic E-state index is 0.0386. The molecule has 1 aliphatic rings. The van der Waals surface area contributed by atoms with Crippen LogP contribution in [0.1, 0.15) is 27.7 Å². The van der Waals surface area contributed by atoms with Crippen molar-refractivity contribution in [3.63, 3.8) is 0 Å². The number of aromatic nitrogens is 1. The van der Waals surface area contributed by atoms with Gasteiger partial charge in [0.2, 0.25) is 11.8 Å². The Morgan fingerprint density at radius 1 is 1.30 bits per heavy atom. The lowest BCUT2D eigenvalue weighted by Crippen LogP contribution is -2.11. The second-order valence-electron chi connectivity index (χ2n) is 6.84. The van der Waals surface area contributed by atoms with Gasteiger partial charge >= 0.3 is 11.9 Å². The zero-order chi connectivity index (χ0) is 21.1. The van der Waals surface area contributed by atoms with Crippen LogP contribution in [-0.4, -0.2) is 33.7 Å². The average molecular weight is 423 g/mol. The Morgan fingerprint density at radius 3 is 2.26 bits per heavy atom. The molecule has 1 fully saturated rings. The van der Waals surface area contributed by atoms with Gasteiger partial charge in [-0.3, -0.25) is 4.79 Å². The quantitative estimate of drug-likeness (QED) is 0.485. The van der Waals surface area contributed by atoms with Gasteiger partial charge < -0.3 is 20.7 Å². The van der Waals surface area contributed by atoms with Gasteiger partial charge in [0.1, 0.15) is 10.0 Å². The van der Waals surface area contributed by atoms with Crippen molar-refractivity contribution in [1.82, 2.24) is 4.98 Å². The molecule has 0 aliphatic heterocycles. The summed E-state index contributed by atoms with van der Waals surface area (Å²) in [5, 5.41) is 16.5. The second kappa shape index (κ2) is 8.75. The minimum Gasteiger partial charge on any atom is -0.481 e. The summed E-state index contributed by atoms with van der Waals surface area (Å²) < 4.78 is 17.5. The molecule has 1 heterocycles. The first-order chi connectivity index (χ1) is 12.3. The van der Waals surface area contributed by atoms with Crippen LogP contribution in [0.4, 0.5) is 10.1 Å². The van der Waals surface area contributed by atoms with E-state index < -0.39 is 35.4 Å². The fourth-order valence-corrected chi connectivity index (χ4v) is 2.93. The lowest BCUT2D eigenvalue weighted by molar-refractivity contribution is -0.140. The summed E-state index contributed by atoms with van der Waals surface area (Å²) in [7, 11) is 0. The van der Waals surface area contributed by atoms with Gasteiger partial charge in [-0.1, -0.05) is 48.7 Å². The van der Waals surface area contributed by atoms with E-state index >= 15 is 0 Å². The van der Waals surface area contributed by atoms with Crippen molar-refractivity contribution >= 4 is 40.8 Å². The van der Waals surface area contributed by atoms with Crippen LogP contribution in [0.25, 0.3) is 0 Å². The summed E-state index contributed by atoms with van der Waals surface area (Å²) in [4.78, 5) is 24.1. The lowest BCUT2D eigenvalue weighted by atomic mass is 10.1. The summed E-state index contributed by atoms with van der Waals surface area (Å²) in [6, 6.07) is 0. The standard InChI is InChI=1S/C10H16O2.C7H5Cl2FN2O3/c1-6(2)5-7-8(9(11)12)10(7,3)4;8-3-5(11)4(9)7(12-6(3)10)15-1-2(13)14/h5,7-8H,1-4H3,(H,11,12);1H2,(H2,11,12)(H,13,14). The number of carboxylic acids is 2. The number of carboxylic acid groups (broad SMARTS) is 2. The highest BCUT2D eigenvalue weighted by Crippen LogP contribution is 2.59. The van der Waals surface area contributed by atoms with E-state index in [9.17, 15) is 14.0 Å². The van der Waals surface area contributed by atoms with Crippen LogP contribution in [0.2, 0.25) is 10.0 Å². The molecule has 1 aromatic rings. The van der Waals surface area contributed by atoms with Gasteiger partial charge in [0.15, 0.2) is 6.61 Å². The third-order valence-electron chi connectivity index (χ3n) is 4.06. The number of aliphatic carboxylic acids is 2. The monoisotopic (exact) mass is 422 g/mol. The molecule has 2 unspecified atom stereocenters. The molecular formula is C17H21Cl2FN2O5. The number of halogens is 3. The Balaban J connectivity index is 0.000000277. The number of pyridine rings is 1. The van der Waals surface area contributed by atoms with Crippen LogP contribution in [-0.2, 0) is 9.59 Å². The molecule has 4 N–H and O–H groups in total. The highest BCUT2D eigenvalue weighted by molar-refractivity contribution is 6.39. The van der Waals surface area contributed by atoms with Crippen LogP contribution < -0.4 is 10.5 Å². The van der Waals surface area contributed by atoms with E-state index in [2.05, 4.69) is 15.8 Å². The van der Waals surface area contributed by atoms with E-state index in [1.165, 1.54) is 5.57 Å². The summed E-state index contributed by atoms with van der Waals surface area (Å²) >= 11 is 11.0. The Labute approximate surface area is 165 Å². The molecule has 0 saturated heterocycles. The van der Waals surface area contributed by atoms with Gasteiger partial charge in [-0.25, -0.2) is 4.79 Å². The van der Waals surface area contributed by atoms with Crippen molar-refractivity contribution in [2.75, 3.05) is 12.3 Å². The Morgan fingerprint density at radius 2 is 1.85 bits per heavy atom. The minimum atomic E-state index is -1.25. The summed E-state index contributed by atoms with van der Waals surface area (Å²) in [5.41, 5.74) is 6.24. The van der Waals surface area contributed by atoms with Gasteiger partial charge in [-0.2, -0.15) is 9.37 Å². The first-order valence-electron chi connectivity index (χ1n) is 7.83. The molecule has 2 atom stereocenters. The molecule has 0 aromatic carbocycles. The van der Waals surface area contributed by atoms with Gasteiger partial charge in [-0.05, 0) is 25.2 Å². The van der Waals surface area contributed by atoms with E-state index in [1.807, 2.05) is 27.7 Å². The average Bonchev–Trinajstić information content (AvgIpc) is 3.08. The van der Waals surface area contributed by atoms with E-state index in [1.54, 1.807) is 0 Å². The predicted octanol–water partition coefficient (Wildman–Crippen LogP) is 3.88. The molecule has 27 heavy (non-hydrogen) atoms. The molecule has 2 rings (SSSR count). The molecule has 0 radical (unpaired) electrons. The number of ether oxygens (including phenoxy) is 1. The molecule has 0 spiro atoms. The largest absolute Gasteiger partial charge is 0.481 e. The number of anilines is 1. The number of hydrogen-bond acceptors (Lipinski definition) is 5. The zero-order valence-electron chi connectivity index (χ0n) is 15.2. The molecule has 10 heteroatoms. The SMILES string of the molecule is CC(C)=CC1C(C(=O)O)C1(C)C.Nc1c(Cl)c(F)nc(OCC(=O)O)c1Cl. The van der Waals surface area contributed by atoms with Gasteiger partial charge in [0.05, 0.1) is 11.6 Å². The fraction of sp³-hybridized carbons (Fsp3) is 0.471. The van der Waals surface area contributed by atoms with Crippen molar-refractivity contribution in [2.45, 2.75) is 27.7 Å². The van der Waals surface area contributed by atoms with Gasteiger partial charge in [0, 0.05) is 0 Å². The number of rotatable bonds is 5. The smallest absolute Gasteiger partial charge is 0.341 e. The van der Waals surface area contributed by atoms with Crippen molar-refractivity contribution < 1.29 is 28.9 Å². The maximum Gasteiger partial charge on any atom is 0.341 e. The molecule has 7 nitrogen and oxygen atoms in total. The Kier molecular flexibility index (Phi) is 7.45. The number of allylic oxidation sites excluding steroid dienone is 2. The number of nitrogens with two attached hydrogens (primary N) is 1. The molecule has 0 amide bonds. The molecule has 150 valence electrons. The van der Waals surface area contributed by atoms with Gasteiger partial charge in [-0.15, -0.1) is 0 Å². The maximum absolute atomic E-state index is 12.9. The highest BCUT2D eigenvalue weighted by atomic mass is 35.5. The van der Waals surface area contributed by atoms with E-state index in [-0.39, 0.29) is 28.0 Å². The predicted molar refractivity (Wildman–Crippen MR) is 99.6 cm³/mol. The summed E-state index contributed by atoms with van der Waals surface area (Å²) in [6.45, 7) is 7.33. The normalized spacial score (nSPS) is 19.4. The third-order valence-corrected chi connectivity index (χ3v) is 4.79. The van der Waals surface area contributed by atoms with Crippen molar-refractivity contribution in [3.8, 4) is 5.88 Å². The van der Waals surface area contributed by atoms with E-state index in [0.717, 1.165) is 0 Å². The Bertz CT molecular complexity index is 779. The van der Waals surface area contributed by atoms with Crippen LogP contribution in [0.5, 0.6) is 5.88 Å². The summed E-state index contributed by atoms with van der Waals surface area (Å²) in [6.07, 6.45) is 2.07. The Hall–Kier alpha value is -2.06. The first kappa shape index (κ1) is 23.0. The molecule has 1 aliphatic carbocycles. The zero-order valence-corrected chi connectivity index (χ0v) is 16.7. The number of nitrogens with zero attached hydrogens (tertiary/aromatic N) is 1. The molecule has 1 saturated carbocycles. The van der Waals surface area contributed by atoms with Crippen LogP contribution in [0, 0.1) is 23.2 Å². The van der Waals surface area contributed by atoms with E-state index in [0.29, 0.717) is 0 Å². The van der Waals surface area contributed by atoms with E-state index in [4.69, 9.17) is 39.1 Å². The third kappa shape index (κ3) is 5.71. The topological polar surface area (TPSA) is 123 Å². The van der Waals surface area contributed by atoms with Crippen LogP contribution >= 0.6 is 23.2 Å². The first-order valence-corrected chi connectivity index (χ1v) is 8.58. The van der Waals surface area contributed by atoms with Crippen LogP contribution in [0.15, 0.2) is 11.6 Å². The fourth-order valence-electron chi connectivity index (χ4n) is 2.56. The van der Waals surface area contributed by atoms with Crippen molar-refractivity contribution in [1.29, 1.82) is 0 Å². The van der Waals surface area contributed by atoms with Crippen molar-refractivity contribution in [2.24, 2.45) is 17.3 Å². The van der Waals surface area contributed by atoms with Gasteiger partial charge in [0.25, 0.3) is 0 Å². The van der Waals surface area contributed by atoms with Crippen molar-refractivity contribution in [3.05, 3.63) is 27.6 Å². The number of carbonyl (C=O) groups is 2. The maximum atomic E-state index is 12.9. The number of nitrogen functional groups attached to an aromatic ring is 1. The molecule has 0 bridgehead atoms. The van der Waals surface area contributed by atoms with Crippen LogP contribution in [0.3, 0.4) is 0 Å². The molecule has 1 aromatic heterocycles. The summed E-state index contributed by atoms with van der Waals surface area (Å²) in [5.74, 6) is -3.32. The second-order valence-corrected chi connectivity index (χ2v) is 7.59. The highest BCUT2D eigenvalue weighted by Gasteiger charge is 2.60. The molecular weight excluding hydrogens is 402 g/mol.